The number of piperazine rings is 1. The number of anilines is 4. The van der Waals surface area contributed by atoms with Gasteiger partial charge in [0.2, 0.25) is 0 Å². The molecule has 7 rings (SSSR count). The van der Waals surface area contributed by atoms with Crippen molar-refractivity contribution in [1.29, 1.82) is 0 Å². The number of ether oxygens (including phenoxy) is 2. The van der Waals surface area contributed by atoms with Crippen LogP contribution in [0.5, 0.6) is 17.2 Å². The van der Waals surface area contributed by atoms with Crippen LogP contribution in [-0.2, 0) is 0 Å². The van der Waals surface area contributed by atoms with Crippen molar-refractivity contribution in [3.05, 3.63) is 59.8 Å². The Balaban J connectivity index is 1.11. The molecule has 10 nitrogen and oxygen atoms in total. The molecule has 0 aliphatic carbocycles. The van der Waals surface area contributed by atoms with Gasteiger partial charge in [0.25, 0.3) is 11.8 Å². The van der Waals surface area contributed by atoms with E-state index in [0.29, 0.717) is 52.5 Å². The van der Waals surface area contributed by atoms with Crippen molar-refractivity contribution in [3.8, 4) is 17.2 Å². The minimum atomic E-state index is -0.150. The molecule has 0 saturated carbocycles. The Kier molecular flexibility index (Phi) is 6.74. The SMILES string of the molecule is CCOc1cc(C(=O)N2CCN(C3CCN(C)CC3)CC2)cc2c1N2c1cc2c(cn1)N(C)C(=O)c1ccccc1O2. The number of pyridine rings is 1. The molecule has 0 unspecified atom stereocenters. The van der Waals surface area contributed by atoms with E-state index in [1.165, 1.54) is 12.8 Å². The summed E-state index contributed by atoms with van der Waals surface area (Å²) in [5, 5.41) is 0. The maximum absolute atomic E-state index is 13.7. The molecule has 0 radical (unpaired) electrons. The highest BCUT2D eigenvalue weighted by atomic mass is 16.5. The highest BCUT2D eigenvalue weighted by Crippen LogP contribution is 2.59. The number of hydrogen-bond acceptors (Lipinski definition) is 8. The fraction of sp³-hybridized carbons (Fsp3) is 0.406. The van der Waals surface area contributed by atoms with Crippen molar-refractivity contribution < 1.29 is 19.1 Å². The van der Waals surface area contributed by atoms with Gasteiger partial charge in [0, 0.05) is 50.9 Å². The highest BCUT2D eigenvalue weighted by Gasteiger charge is 2.39. The van der Waals surface area contributed by atoms with Crippen LogP contribution in [0.3, 0.4) is 0 Å². The number of fused-ring (bicyclic) bond motifs is 3. The number of benzene rings is 2. The van der Waals surface area contributed by atoms with Gasteiger partial charge >= 0.3 is 0 Å². The molecule has 2 amide bonds. The first kappa shape index (κ1) is 26.7. The molecule has 0 bridgehead atoms. The number of likely N-dealkylation sites (tertiary alicyclic amines) is 1. The van der Waals surface area contributed by atoms with Crippen LogP contribution in [0.4, 0.5) is 22.9 Å². The lowest BCUT2D eigenvalue weighted by molar-refractivity contribution is 0.0475. The van der Waals surface area contributed by atoms with Crippen LogP contribution in [-0.4, -0.2) is 97.5 Å². The third-order valence-electron chi connectivity index (χ3n) is 8.89. The monoisotopic (exact) mass is 568 g/mol. The summed E-state index contributed by atoms with van der Waals surface area (Å²) in [6, 6.07) is 13.5. The minimum absolute atomic E-state index is 0.0311. The zero-order valence-corrected chi connectivity index (χ0v) is 24.4. The fourth-order valence-corrected chi connectivity index (χ4v) is 6.42. The van der Waals surface area contributed by atoms with Crippen LogP contribution in [0.2, 0.25) is 0 Å². The second-order valence-electron chi connectivity index (χ2n) is 11.4. The first-order valence-corrected chi connectivity index (χ1v) is 14.8. The van der Waals surface area contributed by atoms with Crippen molar-refractivity contribution in [2.75, 3.05) is 69.8 Å². The summed E-state index contributed by atoms with van der Waals surface area (Å²) in [5.41, 5.74) is 3.50. The van der Waals surface area contributed by atoms with Crippen LogP contribution in [0.15, 0.2) is 48.7 Å². The molecule has 2 aromatic carbocycles. The summed E-state index contributed by atoms with van der Waals surface area (Å²) in [7, 11) is 3.91. The van der Waals surface area contributed by atoms with Crippen LogP contribution in [0, 0.1) is 0 Å². The lowest BCUT2D eigenvalue weighted by Crippen LogP contribution is -2.54. The number of nitrogens with zero attached hydrogens (tertiary/aromatic N) is 6. The molecule has 2 saturated heterocycles. The van der Waals surface area contributed by atoms with Gasteiger partial charge in [-0.25, -0.2) is 4.98 Å². The number of amides is 2. The number of para-hydroxylation sites is 1. The summed E-state index contributed by atoms with van der Waals surface area (Å²) in [6.45, 7) is 7.99. The largest absolute Gasteiger partial charge is 0.492 e. The Hall–Kier alpha value is -4.15. The molecule has 0 N–H and O–H groups in total. The van der Waals surface area contributed by atoms with E-state index < -0.39 is 0 Å². The molecule has 10 heteroatoms. The van der Waals surface area contributed by atoms with Gasteiger partial charge in [-0.1, -0.05) is 12.1 Å². The average molecular weight is 569 g/mol. The zero-order valence-electron chi connectivity index (χ0n) is 24.4. The molecule has 4 aliphatic heterocycles. The second-order valence-corrected chi connectivity index (χ2v) is 11.4. The van der Waals surface area contributed by atoms with E-state index in [9.17, 15) is 9.59 Å². The van der Waals surface area contributed by atoms with Gasteiger partial charge in [0.15, 0.2) is 5.75 Å². The smallest absolute Gasteiger partial charge is 0.261 e. The maximum Gasteiger partial charge on any atom is 0.261 e. The van der Waals surface area contributed by atoms with Crippen molar-refractivity contribution in [2.24, 2.45) is 0 Å². The van der Waals surface area contributed by atoms with Crippen molar-refractivity contribution in [2.45, 2.75) is 25.8 Å². The first-order valence-electron chi connectivity index (χ1n) is 14.8. The number of carbonyl (C=O) groups is 2. The molecule has 5 heterocycles. The summed E-state index contributed by atoms with van der Waals surface area (Å²) in [5.74, 6) is 2.23. The number of hydrogen-bond donors (Lipinski definition) is 0. The normalized spacial score (nSPS) is 19.0. The Bertz CT molecular complexity index is 1540. The maximum atomic E-state index is 13.7. The number of rotatable bonds is 5. The third-order valence-corrected chi connectivity index (χ3v) is 8.89. The quantitative estimate of drug-likeness (QED) is 0.326. The summed E-state index contributed by atoms with van der Waals surface area (Å²) in [4.78, 5) is 41.8. The van der Waals surface area contributed by atoms with E-state index in [1.54, 1.807) is 30.3 Å². The number of piperidine rings is 1. The lowest BCUT2D eigenvalue weighted by Gasteiger charge is -2.42. The first-order chi connectivity index (χ1) is 20.4. The van der Waals surface area contributed by atoms with E-state index in [-0.39, 0.29) is 11.8 Å². The van der Waals surface area contributed by atoms with Gasteiger partial charge in [-0.15, -0.1) is 0 Å². The van der Waals surface area contributed by atoms with E-state index in [1.807, 2.05) is 47.1 Å². The molecule has 0 spiro atoms. The van der Waals surface area contributed by atoms with Gasteiger partial charge in [-0.05, 0) is 64.2 Å². The Labute approximate surface area is 246 Å². The molecular formula is C32H36N6O4. The molecule has 3 aromatic rings. The molecule has 42 heavy (non-hydrogen) atoms. The van der Waals surface area contributed by atoms with Gasteiger partial charge in [-0.3, -0.25) is 19.4 Å². The minimum Gasteiger partial charge on any atom is -0.492 e. The molecule has 2 fully saturated rings. The van der Waals surface area contributed by atoms with E-state index in [2.05, 4.69) is 21.8 Å². The molecule has 218 valence electrons. The third kappa shape index (κ3) is 4.64. The molecular weight excluding hydrogens is 532 g/mol. The number of aromatic nitrogens is 1. The van der Waals surface area contributed by atoms with E-state index >= 15 is 0 Å². The fourth-order valence-electron chi connectivity index (χ4n) is 6.42. The van der Waals surface area contributed by atoms with Gasteiger partial charge in [0.1, 0.15) is 28.7 Å². The van der Waals surface area contributed by atoms with E-state index in [0.717, 1.165) is 50.6 Å². The summed E-state index contributed by atoms with van der Waals surface area (Å²) in [6.07, 6.45) is 4.05. The predicted molar refractivity (Wildman–Crippen MR) is 161 cm³/mol. The van der Waals surface area contributed by atoms with Crippen LogP contribution >= 0.6 is 0 Å². The van der Waals surface area contributed by atoms with Crippen molar-refractivity contribution >= 4 is 34.7 Å². The van der Waals surface area contributed by atoms with Gasteiger partial charge in [0.05, 0.1) is 24.1 Å². The Morgan fingerprint density at radius 2 is 1.74 bits per heavy atom. The highest BCUT2D eigenvalue weighted by molar-refractivity contribution is 6.10. The average Bonchev–Trinajstić information content (AvgIpc) is 3.77. The Morgan fingerprint density at radius 3 is 2.50 bits per heavy atom. The van der Waals surface area contributed by atoms with Gasteiger partial charge in [-0.2, -0.15) is 0 Å². The van der Waals surface area contributed by atoms with Crippen LogP contribution in [0.25, 0.3) is 0 Å². The molecule has 4 aliphatic rings. The van der Waals surface area contributed by atoms with E-state index in [4.69, 9.17) is 9.47 Å². The van der Waals surface area contributed by atoms with Gasteiger partial charge < -0.3 is 24.2 Å². The van der Waals surface area contributed by atoms with Crippen LogP contribution in [0.1, 0.15) is 40.5 Å². The predicted octanol–water partition coefficient (Wildman–Crippen LogP) is 4.50. The second kappa shape index (κ2) is 10.6. The van der Waals surface area contributed by atoms with Crippen LogP contribution < -0.4 is 19.3 Å². The standard InChI is InChI=1S/C32H36N6O4/c1-4-41-28-18-21(31(39)37-15-13-36(14-16-37)22-9-11-34(2)12-10-22)17-24-30(28)38(24)29-19-27-25(20-33-29)35(3)32(40)23-7-5-6-8-26(23)42-27/h5-8,17-20,22H,4,9-16H2,1-3H3. The number of carbonyl (C=O) groups excluding carboxylic acids is 2. The lowest BCUT2D eigenvalue weighted by atomic mass is 10.0. The summed E-state index contributed by atoms with van der Waals surface area (Å²) >= 11 is 0. The molecule has 1 aromatic heterocycles. The zero-order chi connectivity index (χ0) is 29.0. The topological polar surface area (TPSA) is 81.5 Å². The van der Waals surface area contributed by atoms with Crippen molar-refractivity contribution in [3.63, 3.8) is 0 Å². The summed E-state index contributed by atoms with van der Waals surface area (Å²) < 4.78 is 12.2. The Morgan fingerprint density at radius 1 is 0.976 bits per heavy atom. The molecule has 0 atom stereocenters. The van der Waals surface area contributed by atoms with Crippen molar-refractivity contribution in [1.82, 2.24) is 19.7 Å².